The topological polar surface area (TPSA) is 12.5 Å². The highest BCUT2D eigenvalue weighted by Gasteiger charge is 2.66. The van der Waals surface area contributed by atoms with E-state index in [1.165, 1.54) is 24.8 Å². The van der Waals surface area contributed by atoms with Gasteiger partial charge in [-0.2, -0.15) is 0 Å². The summed E-state index contributed by atoms with van der Waals surface area (Å²) in [7, 11) is 0. The van der Waals surface area contributed by atoms with Gasteiger partial charge in [0.25, 0.3) is 0 Å². The monoisotopic (exact) mass is 208 g/mol. The van der Waals surface area contributed by atoms with Crippen molar-refractivity contribution >= 4 is 0 Å². The van der Waals surface area contributed by atoms with Crippen LogP contribution in [0.4, 0.5) is 0 Å². The van der Waals surface area contributed by atoms with Gasteiger partial charge in [-0.05, 0) is 51.0 Å². The van der Waals surface area contributed by atoms with Gasteiger partial charge in [0.05, 0.1) is 5.60 Å². The van der Waals surface area contributed by atoms with Crippen LogP contribution >= 0.6 is 0 Å². The molecule has 2 rings (SSSR count). The molecule has 1 heteroatoms. The number of hydrogen-bond acceptors (Lipinski definition) is 1. The third-order valence-corrected chi connectivity index (χ3v) is 4.69. The molecule has 1 aliphatic heterocycles. The molecule has 0 bridgehead atoms. The zero-order valence-electron chi connectivity index (χ0n) is 11.0. The maximum Gasteiger partial charge on any atom is 0.118 e. The largest absolute Gasteiger partial charge is 0.358 e. The van der Waals surface area contributed by atoms with Gasteiger partial charge >= 0.3 is 0 Å². The van der Waals surface area contributed by atoms with E-state index in [1.54, 1.807) is 5.57 Å². The third-order valence-electron chi connectivity index (χ3n) is 4.69. The molecule has 1 aliphatic carbocycles. The fraction of sp³-hybridized carbons (Fsp3) is 0.857. The third kappa shape index (κ3) is 1.32. The highest BCUT2D eigenvalue weighted by Crippen LogP contribution is 2.61. The molecule has 0 radical (unpaired) electrons. The maximum absolute atomic E-state index is 6.01. The Morgan fingerprint density at radius 2 is 1.67 bits per heavy atom. The second-order valence-corrected chi connectivity index (χ2v) is 6.28. The van der Waals surface area contributed by atoms with Crippen LogP contribution < -0.4 is 0 Å². The predicted octanol–water partition coefficient (Wildman–Crippen LogP) is 4.08. The highest BCUT2D eigenvalue weighted by molar-refractivity contribution is 5.39. The Hall–Kier alpha value is -0.300. The van der Waals surface area contributed by atoms with E-state index in [0.29, 0.717) is 5.41 Å². The molecule has 0 amide bonds. The summed E-state index contributed by atoms with van der Waals surface area (Å²) in [5.41, 5.74) is 3.69. The first-order valence-corrected chi connectivity index (χ1v) is 6.18. The molecule has 2 aliphatic rings. The zero-order valence-corrected chi connectivity index (χ0v) is 11.0. The van der Waals surface area contributed by atoms with E-state index in [1.807, 2.05) is 0 Å². The molecule has 1 saturated heterocycles. The van der Waals surface area contributed by atoms with Gasteiger partial charge in [-0.15, -0.1) is 0 Å². The molecule has 0 N–H and O–H groups in total. The van der Waals surface area contributed by atoms with Crippen LogP contribution in [-0.4, -0.2) is 11.2 Å². The highest BCUT2D eigenvalue weighted by atomic mass is 16.6. The van der Waals surface area contributed by atoms with Crippen LogP contribution in [0.25, 0.3) is 0 Å². The Balaban J connectivity index is 2.44. The normalized spacial score (nSPS) is 37.2. The van der Waals surface area contributed by atoms with E-state index in [4.69, 9.17) is 4.74 Å². The summed E-state index contributed by atoms with van der Waals surface area (Å²) < 4.78 is 6.01. The van der Waals surface area contributed by atoms with Crippen LogP contribution in [0.15, 0.2) is 11.1 Å². The van der Waals surface area contributed by atoms with Crippen molar-refractivity contribution in [2.75, 3.05) is 0 Å². The van der Waals surface area contributed by atoms with Crippen LogP contribution in [-0.2, 0) is 4.74 Å². The second-order valence-electron chi connectivity index (χ2n) is 6.28. The van der Waals surface area contributed by atoms with Crippen molar-refractivity contribution in [3.63, 3.8) is 0 Å². The molecule has 0 aromatic heterocycles. The van der Waals surface area contributed by atoms with Crippen molar-refractivity contribution in [3.8, 4) is 0 Å². The van der Waals surface area contributed by atoms with E-state index < -0.39 is 0 Å². The summed E-state index contributed by atoms with van der Waals surface area (Å²) in [4.78, 5) is 0. The molecule has 0 aromatic rings. The molecular weight excluding hydrogens is 184 g/mol. The Kier molecular flexibility index (Phi) is 2.15. The standard InChI is InChI=1S/C14H24O/c1-7-11-10(2)14(13(5,6)15-14)9-8-12(11,3)4/h7-9H2,1-6H3. The first-order chi connectivity index (χ1) is 6.77. The molecule has 1 nitrogen and oxygen atoms in total. The lowest BCUT2D eigenvalue weighted by molar-refractivity contribution is 0.239. The van der Waals surface area contributed by atoms with E-state index in [2.05, 4.69) is 41.5 Å². The van der Waals surface area contributed by atoms with Crippen LogP contribution in [0.2, 0.25) is 0 Å². The van der Waals surface area contributed by atoms with E-state index in [9.17, 15) is 0 Å². The van der Waals surface area contributed by atoms with Gasteiger partial charge in [-0.3, -0.25) is 0 Å². The van der Waals surface area contributed by atoms with Gasteiger partial charge in [-0.25, -0.2) is 0 Å². The van der Waals surface area contributed by atoms with Crippen molar-refractivity contribution in [3.05, 3.63) is 11.1 Å². The van der Waals surface area contributed by atoms with Crippen LogP contribution in [0, 0.1) is 5.41 Å². The molecule has 1 unspecified atom stereocenters. The fourth-order valence-electron chi connectivity index (χ4n) is 3.61. The summed E-state index contributed by atoms with van der Waals surface area (Å²) in [5.74, 6) is 0. The lowest BCUT2D eigenvalue weighted by Crippen LogP contribution is -2.33. The molecule has 15 heavy (non-hydrogen) atoms. The van der Waals surface area contributed by atoms with Gasteiger partial charge in [-0.1, -0.05) is 26.3 Å². The zero-order chi connectivity index (χ0) is 11.5. The first-order valence-electron chi connectivity index (χ1n) is 6.18. The van der Waals surface area contributed by atoms with Gasteiger partial charge in [0.15, 0.2) is 0 Å². The predicted molar refractivity (Wildman–Crippen MR) is 63.9 cm³/mol. The Morgan fingerprint density at radius 1 is 1.13 bits per heavy atom. The van der Waals surface area contributed by atoms with Crippen molar-refractivity contribution in [1.82, 2.24) is 0 Å². The fourth-order valence-corrected chi connectivity index (χ4v) is 3.61. The number of ether oxygens (including phenoxy) is 1. The Bertz CT molecular complexity index is 322. The van der Waals surface area contributed by atoms with Gasteiger partial charge in [0.2, 0.25) is 0 Å². The quantitative estimate of drug-likeness (QED) is 0.467. The molecule has 1 heterocycles. The Morgan fingerprint density at radius 3 is 2.07 bits per heavy atom. The van der Waals surface area contributed by atoms with E-state index >= 15 is 0 Å². The van der Waals surface area contributed by atoms with Crippen LogP contribution in [0.3, 0.4) is 0 Å². The average Bonchev–Trinajstić information content (AvgIpc) is 2.65. The van der Waals surface area contributed by atoms with Crippen molar-refractivity contribution in [2.24, 2.45) is 5.41 Å². The van der Waals surface area contributed by atoms with Crippen LogP contribution in [0.5, 0.6) is 0 Å². The van der Waals surface area contributed by atoms with E-state index in [-0.39, 0.29) is 11.2 Å². The van der Waals surface area contributed by atoms with Gasteiger partial charge in [0.1, 0.15) is 5.60 Å². The molecule has 86 valence electrons. The first kappa shape index (κ1) is 11.2. The smallest absolute Gasteiger partial charge is 0.118 e. The summed E-state index contributed by atoms with van der Waals surface area (Å²) in [6.45, 7) is 13.8. The van der Waals surface area contributed by atoms with Crippen LogP contribution in [0.1, 0.15) is 60.8 Å². The minimum absolute atomic E-state index is 0.0774. The van der Waals surface area contributed by atoms with Crippen molar-refractivity contribution < 1.29 is 4.74 Å². The lowest BCUT2D eigenvalue weighted by Gasteiger charge is -2.38. The summed E-state index contributed by atoms with van der Waals surface area (Å²) in [5, 5.41) is 0. The maximum atomic E-state index is 6.01. The summed E-state index contributed by atoms with van der Waals surface area (Å²) in [6, 6.07) is 0. The molecule has 1 atom stereocenters. The summed E-state index contributed by atoms with van der Waals surface area (Å²) in [6.07, 6.45) is 3.62. The van der Waals surface area contributed by atoms with Gasteiger partial charge in [0, 0.05) is 0 Å². The lowest BCUT2D eigenvalue weighted by atomic mass is 9.65. The van der Waals surface area contributed by atoms with Crippen molar-refractivity contribution in [1.29, 1.82) is 0 Å². The van der Waals surface area contributed by atoms with Crippen molar-refractivity contribution in [2.45, 2.75) is 72.0 Å². The minimum atomic E-state index is 0.0774. The second kappa shape index (κ2) is 2.88. The van der Waals surface area contributed by atoms with Gasteiger partial charge < -0.3 is 4.74 Å². The number of allylic oxidation sites excluding steroid dienone is 1. The molecule has 1 spiro atoms. The minimum Gasteiger partial charge on any atom is -0.358 e. The van der Waals surface area contributed by atoms with E-state index in [0.717, 1.165) is 0 Å². The molecular formula is C14H24O. The number of epoxide rings is 1. The SMILES string of the molecule is CCC1=C(C)C2(CCC1(C)C)OC2(C)C. The number of rotatable bonds is 1. The Labute approximate surface area is 93.9 Å². The molecule has 1 fully saturated rings. The number of hydrogen-bond donors (Lipinski definition) is 0. The summed E-state index contributed by atoms with van der Waals surface area (Å²) >= 11 is 0. The molecule has 0 aromatic carbocycles. The average molecular weight is 208 g/mol. The molecule has 0 saturated carbocycles.